The third-order valence-electron chi connectivity index (χ3n) is 5.85. The molecule has 0 bridgehead atoms. The van der Waals surface area contributed by atoms with Crippen LogP contribution in [0, 0.1) is 19.8 Å². The molecule has 4 rings (SSSR count). The van der Waals surface area contributed by atoms with Gasteiger partial charge in [0.1, 0.15) is 0 Å². The highest BCUT2D eigenvalue weighted by molar-refractivity contribution is 6.30. The van der Waals surface area contributed by atoms with Crippen molar-refractivity contribution in [3.8, 4) is 11.3 Å². The summed E-state index contributed by atoms with van der Waals surface area (Å²) in [4.78, 5) is 21.0. The van der Waals surface area contributed by atoms with Gasteiger partial charge in [0.2, 0.25) is 0 Å². The number of carbonyl (C=O) groups is 1. The normalized spacial score (nSPS) is 18.9. The molecule has 3 aromatic heterocycles. The Kier molecular flexibility index (Phi) is 6.13. The molecule has 0 unspecified atom stereocenters. The fourth-order valence-electron chi connectivity index (χ4n) is 4.08. The smallest absolute Gasteiger partial charge is 0.253 e. The summed E-state index contributed by atoms with van der Waals surface area (Å²) in [7, 11) is 0. The number of hydrogen-bond acceptors (Lipinski definition) is 4. The monoisotopic (exact) mass is 423 g/mol. The molecule has 0 radical (unpaired) electrons. The Morgan fingerprint density at radius 3 is 2.73 bits per heavy atom. The van der Waals surface area contributed by atoms with Crippen LogP contribution in [0.3, 0.4) is 0 Å². The number of aromatic nitrogens is 4. The van der Waals surface area contributed by atoms with Crippen molar-refractivity contribution in [3.63, 3.8) is 0 Å². The minimum atomic E-state index is -0.0880. The summed E-state index contributed by atoms with van der Waals surface area (Å²) < 4.78 is 2.10. The lowest BCUT2D eigenvalue weighted by Crippen LogP contribution is -2.38. The molecule has 3 aromatic rings. The molecule has 1 saturated carbocycles. The number of pyridine rings is 2. The van der Waals surface area contributed by atoms with Crippen molar-refractivity contribution in [3.05, 3.63) is 64.8 Å². The zero-order valence-corrected chi connectivity index (χ0v) is 18.1. The molecule has 0 saturated heterocycles. The molecule has 0 spiro atoms. The second-order valence-electron chi connectivity index (χ2n) is 8.07. The maximum absolute atomic E-state index is 12.6. The Bertz CT molecular complexity index is 1030. The predicted molar refractivity (Wildman–Crippen MR) is 117 cm³/mol. The van der Waals surface area contributed by atoms with Crippen molar-refractivity contribution in [2.45, 2.75) is 52.1 Å². The maximum atomic E-state index is 12.6. The van der Waals surface area contributed by atoms with Gasteiger partial charge in [0.15, 0.2) is 0 Å². The van der Waals surface area contributed by atoms with Crippen LogP contribution < -0.4 is 5.32 Å². The van der Waals surface area contributed by atoms with Crippen LogP contribution in [0.5, 0.6) is 0 Å². The van der Waals surface area contributed by atoms with Gasteiger partial charge >= 0.3 is 0 Å². The number of aryl methyl sites for hydroxylation is 2. The van der Waals surface area contributed by atoms with E-state index in [1.165, 1.54) is 0 Å². The minimum Gasteiger partial charge on any atom is -0.349 e. The molecule has 3 heterocycles. The Labute approximate surface area is 181 Å². The first-order valence-corrected chi connectivity index (χ1v) is 10.8. The average molecular weight is 424 g/mol. The van der Waals surface area contributed by atoms with E-state index in [0.29, 0.717) is 22.2 Å². The summed E-state index contributed by atoms with van der Waals surface area (Å²) in [6.45, 7) is 4.83. The van der Waals surface area contributed by atoms with E-state index in [1.54, 1.807) is 18.5 Å². The van der Waals surface area contributed by atoms with Crippen molar-refractivity contribution in [2.24, 2.45) is 5.92 Å². The van der Waals surface area contributed by atoms with Gasteiger partial charge in [0, 0.05) is 42.4 Å². The van der Waals surface area contributed by atoms with Crippen LogP contribution >= 0.6 is 11.6 Å². The lowest BCUT2D eigenvalue weighted by molar-refractivity contribution is 0.0919. The van der Waals surface area contributed by atoms with Crippen LogP contribution in [-0.2, 0) is 6.54 Å². The quantitative estimate of drug-likeness (QED) is 0.650. The second kappa shape index (κ2) is 8.96. The molecule has 0 atom stereocenters. The third kappa shape index (κ3) is 4.70. The Hall–Kier alpha value is -2.73. The molecule has 30 heavy (non-hydrogen) atoms. The summed E-state index contributed by atoms with van der Waals surface area (Å²) >= 11 is 6.00. The van der Waals surface area contributed by atoms with E-state index in [9.17, 15) is 4.79 Å². The molecule has 0 aromatic carbocycles. The lowest BCUT2D eigenvalue weighted by Gasteiger charge is -2.29. The standard InChI is InChI=1S/C23H26ClN5O/c1-15-10-22(18-4-3-9-25-12-18)28-29(15)14-17-5-7-20(8-6-17)27-23(30)21-11-19(24)13-26-16(21)2/h3-4,9-13,17,20H,5-8,14H2,1-2H3,(H,27,30). The van der Waals surface area contributed by atoms with E-state index in [1.807, 2.05) is 25.3 Å². The van der Waals surface area contributed by atoms with Gasteiger partial charge in [-0.2, -0.15) is 5.10 Å². The van der Waals surface area contributed by atoms with Crippen LogP contribution in [0.25, 0.3) is 11.3 Å². The largest absolute Gasteiger partial charge is 0.349 e. The molecule has 7 heteroatoms. The summed E-state index contributed by atoms with van der Waals surface area (Å²) in [5.74, 6) is 0.475. The number of rotatable bonds is 5. The van der Waals surface area contributed by atoms with Crippen LogP contribution in [0.1, 0.15) is 47.4 Å². The maximum Gasteiger partial charge on any atom is 0.253 e. The molecular weight excluding hydrogens is 398 g/mol. The van der Waals surface area contributed by atoms with E-state index in [4.69, 9.17) is 16.7 Å². The highest BCUT2D eigenvalue weighted by atomic mass is 35.5. The SMILES string of the molecule is Cc1ncc(Cl)cc1C(=O)NC1CCC(Cn2nc(-c3cccnc3)cc2C)CC1. The van der Waals surface area contributed by atoms with E-state index >= 15 is 0 Å². The molecule has 6 nitrogen and oxygen atoms in total. The first kappa shape index (κ1) is 20.5. The molecule has 1 aliphatic carbocycles. The number of halogens is 1. The van der Waals surface area contributed by atoms with Crippen LogP contribution in [0.4, 0.5) is 0 Å². The summed E-state index contributed by atoms with van der Waals surface area (Å²) in [5, 5.41) is 8.43. The van der Waals surface area contributed by atoms with Crippen LogP contribution in [0.15, 0.2) is 42.9 Å². The number of hydrogen-bond donors (Lipinski definition) is 1. The van der Waals surface area contributed by atoms with Gasteiger partial charge in [-0.1, -0.05) is 11.6 Å². The van der Waals surface area contributed by atoms with Crippen molar-refractivity contribution < 1.29 is 4.79 Å². The molecule has 1 N–H and O–H groups in total. The number of amides is 1. The summed E-state index contributed by atoms with van der Waals surface area (Å²) in [6, 6.07) is 7.96. The highest BCUT2D eigenvalue weighted by Crippen LogP contribution is 2.27. The van der Waals surface area contributed by atoms with Crippen LogP contribution in [0.2, 0.25) is 5.02 Å². The first-order valence-electron chi connectivity index (χ1n) is 10.4. The molecule has 1 amide bonds. The summed E-state index contributed by atoms with van der Waals surface area (Å²) in [5.41, 5.74) is 4.42. The van der Waals surface area contributed by atoms with Crippen molar-refractivity contribution >= 4 is 17.5 Å². The molecule has 0 aliphatic heterocycles. The Balaban J connectivity index is 1.32. The first-order chi connectivity index (χ1) is 14.5. The third-order valence-corrected chi connectivity index (χ3v) is 6.06. The zero-order valence-electron chi connectivity index (χ0n) is 17.3. The van der Waals surface area contributed by atoms with Crippen molar-refractivity contribution in [2.75, 3.05) is 0 Å². The van der Waals surface area contributed by atoms with Gasteiger partial charge in [0.25, 0.3) is 5.91 Å². The van der Waals surface area contributed by atoms with E-state index in [-0.39, 0.29) is 11.9 Å². The van der Waals surface area contributed by atoms with Gasteiger partial charge in [-0.25, -0.2) is 0 Å². The second-order valence-corrected chi connectivity index (χ2v) is 8.51. The number of nitrogens with zero attached hydrogens (tertiary/aromatic N) is 4. The van der Waals surface area contributed by atoms with Crippen LogP contribution in [-0.4, -0.2) is 31.7 Å². The average Bonchev–Trinajstić information content (AvgIpc) is 3.12. The van der Waals surface area contributed by atoms with E-state index in [0.717, 1.165) is 49.2 Å². The molecule has 1 aliphatic rings. The fraction of sp³-hybridized carbons (Fsp3) is 0.391. The minimum absolute atomic E-state index is 0.0880. The number of nitrogens with one attached hydrogen (secondary N) is 1. The van der Waals surface area contributed by atoms with Gasteiger partial charge in [0.05, 0.1) is 22.0 Å². The number of carbonyl (C=O) groups excluding carboxylic acids is 1. The predicted octanol–water partition coefficient (Wildman–Crippen LogP) is 4.60. The Morgan fingerprint density at radius 2 is 2.00 bits per heavy atom. The Morgan fingerprint density at radius 1 is 1.20 bits per heavy atom. The molecular formula is C23H26ClN5O. The van der Waals surface area contributed by atoms with Crippen molar-refractivity contribution in [1.82, 2.24) is 25.1 Å². The topological polar surface area (TPSA) is 72.7 Å². The summed E-state index contributed by atoms with van der Waals surface area (Å²) in [6.07, 6.45) is 9.26. The van der Waals surface area contributed by atoms with Gasteiger partial charge in [-0.15, -0.1) is 0 Å². The van der Waals surface area contributed by atoms with Gasteiger partial charge < -0.3 is 5.32 Å². The van der Waals surface area contributed by atoms with E-state index in [2.05, 4.69) is 33.0 Å². The van der Waals surface area contributed by atoms with Gasteiger partial charge in [-0.05, 0) is 69.7 Å². The molecule has 156 valence electrons. The lowest BCUT2D eigenvalue weighted by atomic mass is 9.86. The zero-order chi connectivity index (χ0) is 21.1. The molecule has 1 fully saturated rings. The van der Waals surface area contributed by atoms with E-state index < -0.39 is 0 Å². The van der Waals surface area contributed by atoms with Crippen molar-refractivity contribution in [1.29, 1.82) is 0 Å². The highest BCUT2D eigenvalue weighted by Gasteiger charge is 2.24. The fourth-order valence-corrected chi connectivity index (χ4v) is 4.24. The van der Waals surface area contributed by atoms with Gasteiger partial charge in [-0.3, -0.25) is 19.4 Å².